The van der Waals surface area contributed by atoms with Crippen molar-refractivity contribution < 1.29 is 4.92 Å². The van der Waals surface area contributed by atoms with E-state index in [1.807, 2.05) is 6.92 Å². The van der Waals surface area contributed by atoms with Gasteiger partial charge in [0.15, 0.2) is 0 Å². The SMILES string of the molecule is Cc1ccc([N+](=O)[O-])c(NC(C)(C)C2CC2)n1. The van der Waals surface area contributed by atoms with Crippen LogP contribution in [0.25, 0.3) is 0 Å². The lowest BCUT2D eigenvalue weighted by molar-refractivity contribution is -0.384. The van der Waals surface area contributed by atoms with E-state index in [-0.39, 0.29) is 11.2 Å². The average molecular weight is 235 g/mol. The van der Waals surface area contributed by atoms with Gasteiger partial charge in [-0.25, -0.2) is 4.98 Å². The molecule has 0 aromatic carbocycles. The molecule has 0 saturated heterocycles. The van der Waals surface area contributed by atoms with Gasteiger partial charge < -0.3 is 5.32 Å². The summed E-state index contributed by atoms with van der Waals surface area (Å²) in [6.07, 6.45) is 2.36. The lowest BCUT2D eigenvalue weighted by Gasteiger charge is -2.26. The Balaban J connectivity index is 2.30. The fourth-order valence-electron chi connectivity index (χ4n) is 2.00. The number of anilines is 1. The molecular formula is C12H17N3O2. The number of nitrogens with zero attached hydrogens (tertiary/aromatic N) is 2. The van der Waals surface area contributed by atoms with E-state index in [9.17, 15) is 10.1 Å². The first-order chi connectivity index (χ1) is 7.90. The highest BCUT2D eigenvalue weighted by Gasteiger charge is 2.39. The van der Waals surface area contributed by atoms with E-state index < -0.39 is 4.92 Å². The topological polar surface area (TPSA) is 68.1 Å². The van der Waals surface area contributed by atoms with Crippen molar-refractivity contribution in [3.63, 3.8) is 0 Å². The molecule has 1 heterocycles. The summed E-state index contributed by atoms with van der Waals surface area (Å²) in [5.41, 5.74) is 0.694. The van der Waals surface area contributed by atoms with Gasteiger partial charge in [0.25, 0.3) is 0 Å². The second-order valence-electron chi connectivity index (χ2n) is 5.20. The van der Waals surface area contributed by atoms with Gasteiger partial charge in [0.05, 0.1) is 4.92 Å². The molecule has 1 N–H and O–H groups in total. The van der Waals surface area contributed by atoms with Gasteiger partial charge in [0, 0.05) is 17.3 Å². The quantitative estimate of drug-likeness (QED) is 0.643. The number of nitrogens with one attached hydrogen (secondary N) is 1. The molecule has 0 spiro atoms. The first-order valence-electron chi connectivity index (χ1n) is 5.80. The van der Waals surface area contributed by atoms with Gasteiger partial charge >= 0.3 is 5.69 Å². The van der Waals surface area contributed by atoms with E-state index in [4.69, 9.17) is 0 Å². The molecule has 0 radical (unpaired) electrons. The summed E-state index contributed by atoms with van der Waals surface area (Å²) in [6.45, 7) is 5.97. The Morgan fingerprint density at radius 2 is 2.12 bits per heavy atom. The van der Waals surface area contributed by atoms with E-state index >= 15 is 0 Å². The van der Waals surface area contributed by atoms with Crippen molar-refractivity contribution >= 4 is 11.5 Å². The molecule has 1 fully saturated rings. The van der Waals surface area contributed by atoms with Crippen LogP contribution in [0.3, 0.4) is 0 Å². The molecule has 0 aliphatic heterocycles. The number of aryl methyl sites for hydroxylation is 1. The van der Waals surface area contributed by atoms with Crippen molar-refractivity contribution in [2.24, 2.45) is 5.92 Å². The Hall–Kier alpha value is -1.65. The molecule has 1 aliphatic rings. The maximum absolute atomic E-state index is 10.9. The zero-order valence-electron chi connectivity index (χ0n) is 10.4. The van der Waals surface area contributed by atoms with Crippen LogP contribution in [0.4, 0.5) is 11.5 Å². The lowest BCUT2D eigenvalue weighted by Crippen LogP contribution is -2.34. The van der Waals surface area contributed by atoms with Gasteiger partial charge in [-0.05, 0) is 45.6 Å². The van der Waals surface area contributed by atoms with Crippen molar-refractivity contribution in [1.82, 2.24) is 4.98 Å². The molecule has 1 aromatic rings. The zero-order valence-corrected chi connectivity index (χ0v) is 10.4. The van der Waals surface area contributed by atoms with Crippen LogP contribution in [0.5, 0.6) is 0 Å². The average Bonchev–Trinajstić information content (AvgIpc) is 2.99. The molecule has 0 amide bonds. The maximum atomic E-state index is 10.9. The maximum Gasteiger partial charge on any atom is 0.311 e. The van der Waals surface area contributed by atoms with Gasteiger partial charge in [0.2, 0.25) is 5.82 Å². The molecule has 5 heteroatoms. The summed E-state index contributed by atoms with van der Waals surface area (Å²) in [5, 5.41) is 14.1. The molecule has 17 heavy (non-hydrogen) atoms. The molecule has 1 saturated carbocycles. The predicted octanol–water partition coefficient (Wildman–Crippen LogP) is 2.90. The van der Waals surface area contributed by atoms with Crippen molar-refractivity contribution in [2.75, 3.05) is 5.32 Å². The van der Waals surface area contributed by atoms with Gasteiger partial charge in [-0.15, -0.1) is 0 Å². The van der Waals surface area contributed by atoms with Gasteiger partial charge in [0.1, 0.15) is 0 Å². The summed E-state index contributed by atoms with van der Waals surface area (Å²) >= 11 is 0. The number of rotatable bonds is 4. The number of pyridine rings is 1. The van der Waals surface area contributed by atoms with Crippen LogP contribution < -0.4 is 5.32 Å². The highest BCUT2D eigenvalue weighted by atomic mass is 16.6. The van der Waals surface area contributed by atoms with E-state index in [0.717, 1.165) is 5.69 Å². The fraction of sp³-hybridized carbons (Fsp3) is 0.583. The van der Waals surface area contributed by atoms with Crippen LogP contribution in [0, 0.1) is 23.0 Å². The molecule has 5 nitrogen and oxygen atoms in total. The van der Waals surface area contributed by atoms with Crippen LogP contribution in [0.2, 0.25) is 0 Å². The number of nitro groups is 1. The Kier molecular flexibility index (Phi) is 2.77. The van der Waals surface area contributed by atoms with Crippen LogP contribution >= 0.6 is 0 Å². The van der Waals surface area contributed by atoms with Crippen LogP contribution in [0.1, 0.15) is 32.4 Å². The Morgan fingerprint density at radius 1 is 1.47 bits per heavy atom. The predicted molar refractivity (Wildman–Crippen MR) is 66.1 cm³/mol. The third-order valence-corrected chi connectivity index (χ3v) is 3.25. The van der Waals surface area contributed by atoms with Gasteiger partial charge in [-0.1, -0.05) is 0 Å². The standard InChI is InChI=1S/C12H17N3O2/c1-8-4-7-10(15(16)17)11(13-8)14-12(2,3)9-5-6-9/h4,7,9H,5-6H2,1-3H3,(H,13,14). The third kappa shape index (κ3) is 2.54. The number of aromatic nitrogens is 1. The molecule has 0 unspecified atom stereocenters. The smallest absolute Gasteiger partial charge is 0.311 e. The summed E-state index contributed by atoms with van der Waals surface area (Å²) in [7, 11) is 0. The van der Waals surface area contributed by atoms with E-state index in [2.05, 4.69) is 24.1 Å². The van der Waals surface area contributed by atoms with Crippen LogP contribution in [0.15, 0.2) is 12.1 Å². The summed E-state index contributed by atoms with van der Waals surface area (Å²) < 4.78 is 0. The summed E-state index contributed by atoms with van der Waals surface area (Å²) in [4.78, 5) is 14.8. The normalized spacial score (nSPS) is 15.7. The van der Waals surface area contributed by atoms with Crippen molar-refractivity contribution in [3.8, 4) is 0 Å². The molecule has 92 valence electrons. The Morgan fingerprint density at radius 3 is 2.65 bits per heavy atom. The summed E-state index contributed by atoms with van der Waals surface area (Å²) in [6, 6.07) is 3.17. The summed E-state index contributed by atoms with van der Waals surface area (Å²) in [5.74, 6) is 0.969. The lowest BCUT2D eigenvalue weighted by atomic mass is 9.99. The van der Waals surface area contributed by atoms with Crippen molar-refractivity contribution in [2.45, 2.75) is 39.2 Å². The minimum atomic E-state index is -0.391. The fourth-order valence-corrected chi connectivity index (χ4v) is 2.00. The molecule has 2 rings (SSSR count). The number of hydrogen-bond donors (Lipinski definition) is 1. The minimum Gasteiger partial charge on any atom is -0.359 e. The van der Waals surface area contributed by atoms with Crippen molar-refractivity contribution in [1.29, 1.82) is 0 Å². The molecule has 1 aromatic heterocycles. The van der Waals surface area contributed by atoms with Crippen LogP contribution in [-0.4, -0.2) is 15.4 Å². The molecule has 1 aliphatic carbocycles. The molecular weight excluding hydrogens is 218 g/mol. The van der Waals surface area contributed by atoms with E-state index in [1.54, 1.807) is 6.07 Å². The second-order valence-corrected chi connectivity index (χ2v) is 5.20. The third-order valence-electron chi connectivity index (χ3n) is 3.25. The second kappa shape index (κ2) is 3.98. The minimum absolute atomic E-state index is 0.0457. The van der Waals surface area contributed by atoms with Gasteiger partial charge in [-0.3, -0.25) is 10.1 Å². The van der Waals surface area contributed by atoms with Crippen molar-refractivity contribution in [3.05, 3.63) is 27.9 Å². The molecule has 0 atom stereocenters. The van der Waals surface area contributed by atoms with Crippen LogP contribution in [-0.2, 0) is 0 Å². The Bertz CT molecular complexity index is 453. The van der Waals surface area contributed by atoms with E-state index in [1.165, 1.54) is 18.9 Å². The first kappa shape index (κ1) is 11.8. The zero-order chi connectivity index (χ0) is 12.6. The highest BCUT2D eigenvalue weighted by Crippen LogP contribution is 2.41. The highest BCUT2D eigenvalue weighted by molar-refractivity contribution is 5.57. The van der Waals surface area contributed by atoms with Gasteiger partial charge in [-0.2, -0.15) is 0 Å². The van der Waals surface area contributed by atoms with E-state index in [0.29, 0.717) is 11.7 Å². The molecule has 0 bridgehead atoms. The first-order valence-corrected chi connectivity index (χ1v) is 5.80. The number of hydrogen-bond acceptors (Lipinski definition) is 4. The Labute approximate surface area is 100 Å². The largest absolute Gasteiger partial charge is 0.359 e. The monoisotopic (exact) mass is 235 g/mol.